The molecular weight excluding hydrogens is 325 g/mol. The summed E-state index contributed by atoms with van der Waals surface area (Å²) in [5.41, 5.74) is -1.79. The molecule has 0 bridgehead atoms. The lowest BCUT2D eigenvalue weighted by Crippen LogP contribution is -2.21. The van der Waals surface area contributed by atoms with Crippen LogP contribution >= 0.6 is 0 Å². The SMILES string of the molecule is N#C/C(=C/NCCCNC=O)C(=O)Nc1ccccc1C(F)(F)F. The van der Waals surface area contributed by atoms with Crippen molar-refractivity contribution in [2.24, 2.45) is 0 Å². The van der Waals surface area contributed by atoms with Crippen LogP contribution in [0.1, 0.15) is 12.0 Å². The monoisotopic (exact) mass is 340 g/mol. The molecule has 0 aliphatic heterocycles. The summed E-state index contributed by atoms with van der Waals surface area (Å²) in [7, 11) is 0. The molecule has 0 heterocycles. The zero-order valence-electron chi connectivity index (χ0n) is 12.5. The molecule has 1 aromatic carbocycles. The molecule has 0 aliphatic rings. The number of hydrogen-bond donors (Lipinski definition) is 3. The molecule has 0 fully saturated rings. The molecule has 2 amide bonds. The van der Waals surface area contributed by atoms with Crippen LogP contribution in [0.25, 0.3) is 0 Å². The van der Waals surface area contributed by atoms with Gasteiger partial charge in [0.2, 0.25) is 6.41 Å². The van der Waals surface area contributed by atoms with Crippen molar-refractivity contribution >= 4 is 18.0 Å². The number of carbonyl (C=O) groups is 2. The molecule has 3 N–H and O–H groups in total. The quantitative estimate of drug-likeness (QED) is 0.291. The standard InChI is InChI=1S/C15H15F3N4O2/c16-15(17,18)12-4-1-2-5-13(12)22-14(24)11(8-19)9-20-6-3-7-21-10-23/h1-2,4-5,9-10,20H,3,6-7H2,(H,21,23)(H,22,24)/b11-9-. The first-order chi connectivity index (χ1) is 11.4. The first kappa shape index (κ1) is 19.0. The highest BCUT2D eigenvalue weighted by Gasteiger charge is 2.33. The summed E-state index contributed by atoms with van der Waals surface area (Å²) in [6.45, 7) is 0.788. The van der Waals surface area contributed by atoms with Crippen LogP contribution in [0.4, 0.5) is 18.9 Å². The van der Waals surface area contributed by atoms with Gasteiger partial charge >= 0.3 is 6.18 Å². The predicted octanol–water partition coefficient (Wildman–Crippen LogP) is 1.78. The van der Waals surface area contributed by atoms with Gasteiger partial charge in [0, 0.05) is 19.3 Å². The van der Waals surface area contributed by atoms with Crippen molar-refractivity contribution in [3.8, 4) is 6.07 Å². The highest BCUT2D eigenvalue weighted by Crippen LogP contribution is 2.34. The third kappa shape index (κ3) is 6.00. The number of nitrogens with zero attached hydrogens (tertiary/aromatic N) is 1. The molecule has 24 heavy (non-hydrogen) atoms. The zero-order chi connectivity index (χ0) is 18.0. The summed E-state index contributed by atoms with van der Waals surface area (Å²) >= 11 is 0. The minimum Gasteiger partial charge on any atom is -0.390 e. The van der Waals surface area contributed by atoms with E-state index in [1.807, 2.05) is 0 Å². The van der Waals surface area contributed by atoms with Crippen LogP contribution in [0.3, 0.4) is 0 Å². The Bertz CT molecular complexity index is 651. The summed E-state index contributed by atoms with van der Waals surface area (Å²) in [5, 5.41) is 16.1. The summed E-state index contributed by atoms with van der Waals surface area (Å²) in [4.78, 5) is 22.0. The number of anilines is 1. The van der Waals surface area contributed by atoms with Gasteiger partial charge in [0.15, 0.2) is 0 Å². The molecule has 0 atom stereocenters. The van der Waals surface area contributed by atoms with E-state index in [-0.39, 0.29) is 5.57 Å². The van der Waals surface area contributed by atoms with Crippen molar-refractivity contribution in [3.63, 3.8) is 0 Å². The molecule has 0 saturated heterocycles. The van der Waals surface area contributed by atoms with Gasteiger partial charge in [0.05, 0.1) is 11.3 Å². The van der Waals surface area contributed by atoms with Crippen LogP contribution in [0, 0.1) is 11.3 Å². The highest BCUT2D eigenvalue weighted by molar-refractivity contribution is 6.06. The molecule has 9 heteroatoms. The predicted molar refractivity (Wildman–Crippen MR) is 80.5 cm³/mol. The van der Waals surface area contributed by atoms with Crippen molar-refractivity contribution in [2.75, 3.05) is 18.4 Å². The highest BCUT2D eigenvalue weighted by atomic mass is 19.4. The van der Waals surface area contributed by atoms with Gasteiger partial charge in [-0.25, -0.2) is 0 Å². The third-order valence-corrected chi connectivity index (χ3v) is 2.82. The van der Waals surface area contributed by atoms with Gasteiger partial charge in [-0.3, -0.25) is 9.59 Å². The van der Waals surface area contributed by atoms with Gasteiger partial charge < -0.3 is 16.0 Å². The van der Waals surface area contributed by atoms with Crippen LogP contribution < -0.4 is 16.0 Å². The minimum atomic E-state index is -4.62. The molecule has 1 rings (SSSR count). The summed E-state index contributed by atoms with van der Waals surface area (Å²) in [6.07, 6.45) is -2.41. The summed E-state index contributed by atoms with van der Waals surface area (Å²) in [6, 6.07) is 6.11. The third-order valence-electron chi connectivity index (χ3n) is 2.82. The first-order valence-corrected chi connectivity index (χ1v) is 6.88. The van der Waals surface area contributed by atoms with E-state index in [2.05, 4.69) is 16.0 Å². The van der Waals surface area contributed by atoms with Gasteiger partial charge in [-0.05, 0) is 18.6 Å². The summed E-state index contributed by atoms with van der Waals surface area (Å²) < 4.78 is 38.6. The van der Waals surface area contributed by atoms with Crippen LogP contribution in [-0.2, 0) is 15.8 Å². The van der Waals surface area contributed by atoms with Gasteiger partial charge in [0.25, 0.3) is 5.91 Å². The van der Waals surface area contributed by atoms with Gasteiger partial charge in [-0.15, -0.1) is 0 Å². The topological polar surface area (TPSA) is 94.0 Å². The number of hydrogen-bond acceptors (Lipinski definition) is 4. The Kier molecular flexibility index (Phi) is 7.29. The average molecular weight is 340 g/mol. The molecular formula is C15H15F3N4O2. The van der Waals surface area contributed by atoms with Crippen molar-refractivity contribution in [2.45, 2.75) is 12.6 Å². The maximum Gasteiger partial charge on any atom is 0.418 e. The number of rotatable bonds is 8. The second-order valence-corrected chi connectivity index (χ2v) is 4.55. The molecule has 0 radical (unpaired) electrons. The van der Waals surface area contributed by atoms with E-state index in [4.69, 9.17) is 5.26 Å². The molecule has 0 saturated carbocycles. The number of halogens is 3. The minimum absolute atomic E-state index is 0.365. The lowest BCUT2D eigenvalue weighted by molar-refractivity contribution is -0.137. The van der Waals surface area contributed by atoms with Crippen LogP contribution in [0.15, 0.2) is 36.0 Å². The van der Waals surface area contributed by atoms with Crippen molar-refractivity contribution in [1.82, 2.24) is 10.6 Å². The summed E-state index contributed by atoms with van der Waals surface area (Å²) in [5.74, 6) is -0.951. The lowest BCUT2D eigenvalue weighted by Gasteiger charge is -2.13. The maximum absolute atomic E-state index is 12.9. The number of nitriles is 1. The number of nitrogens with one attached hydrogen (secondary N) is 3. The number of para-hydroxylation sites is 1. The second-order valence-electron chi connectivity index (χ2n) is 4.55. The van der Waals surface area contributed by atoms with Crippen molar-refractivity contribution < 1.29 is 22.8 Å². The Hall–Kier alpha value is -3.02. The fraction of sp³-hybridized carbons (Fsp3) is 0.267. The van der Waals surface area contributed by atoms with Crippen molar-refractivity contribution in [1.29, 1.82) is 5.26 Å². The maximum atomic E-state index is 12.9. The van der Waals surface area contributed by atoms with E-state index < -0.39 is 23.3 Å². The Labute approximate surface area is 136 Å². The van der Waals surface area contributed by atoms with Crippen LogP contribution in [0.5, 0.6) is 0 Å². The lowest BCUT2D eigenvalue weighted by atomic mass is 10.1. The van der Waals surface area contributed by atoms with E-state index in [1.54, 1.807) is 6.07 Å². The Morgan fingerprint density at radius 3 is 2.50 bits per heavy atom. The van der Waals surface area contributed by atoms with E-state index >= 15 is 0 Å². The number of alkyl halides is 3. The number of benzene rings is 1. The Morgan fingerprint density at radius 1 is 1.21 bits per heavy atom. The fourth-order valence-electron chi connectivity index (χ4n) is 1.70. The fourth-order valence-corrected chi connectivity index (χ4v) is 1.70. The Morgan fingerprint density at radius 2 is 1.88 bits per heavy atom. The smallest absolute Gasteiger partial charge is 0.390 e. The zero-order valence-corrected chi connectivity index (χ0v) is 12.5. The Balaban J connectivity index is 2.72. The van der Waals surface area contributed by atoms with E-state index in [0.717, 1.165) is 18.3 Å². The van der Waals surface area contributed by atoms with Crippen molar-refractivity contribution in [3.05, 3.63) is 41.6 Å². The average Bonchev–Trinajstić information content (AvgIpc) is 2.53. The van der Waals surface area contributed by atoms with E-state index in [0.29, 0.717) is 25.9 Å². The molecule has 6 nitrogen and oxygen atoms in total. The molecule has 0 spiro atoms. The largest absolute Gasteiger partial charge is 0.418 e. The van der Waals surface area contributed by atoms with Crippen LogP contribution in [0.2, 0.25) is 0 Å². The van der Waals surface area contributed by atoms with Crippen LogP contribution in [-0.4, -0.2) is 25.4 Å². The van der Waals surface area contributed by atoms with E-state index in [1.165, 1.54) is 12.1 Å². The second kappa shape index (κ2) is 9.19. The molecule has 0 aliphatic carbocycles. The molecule has 128 valence electrons. The first-order valence-electron chi connectivity index (χ1n) is 6.88. The van der Waals surface area contributed by atoms with Gasteiger partial charge in [-0.2, -0.15) is 18.4 Å². The molecule has 0 aromatic heterocycles. The molecule has 0 unspecified atom stereocenters. The van der Waals surface area contributed by atoms with Gasteiger partial charge in [0.1, 0.15) is 11.6 Å². The van der Waals surface area contributed by atoms with Gasteiger partial charge in [-0.1, -0.05) is 12.1 Å². The number of carbonyl (C=O) groups excluding carboxylic acids is 2. The van der Waals surface area contributed by atoms with E-state index in [9.17, 15) is 22.8 Å². The normalized spacial score (nSPS) is 11.3. The molecule has 1 aromatic rings. The number of amides is 2.